The van der Waals surface area contributed by atoms with E-state index in [-0.39, 0.29) is 5.69 Å². The van der Waals surface area contributed by atoms with Crippen LogP contribution < -0.4 is 5.43 Å². The second-order valence-corrected chi connectivity index (χ2v) is 5.99. The summed E-state index contributed by atoms with van der Waals surface area (Å²) in [6.45, 7) is 3.99. The van der Waals surface area contributed by atoms with Crippen molar-refractivity contribution >= 4 is 28.9 Å². The first kappa shape index (κ1) is 15.9. The zero-order valence-electron chi connectivity index (χ0n) is 13.1. The number of hydrogen-bond donors (Lipinski definition) is 1. The van der Waals surface area contributed by atoms with Crippen LogP contribution in [0.3, 0.4) is 0 Å². The average molecular weight is 341 g/mol. The first-order valence-electron chi connectivity index (χ1n) is 7.19. The van der Waals surface area contributed by atoms with E-state index in [0.717, 1.165) is 22.1 Å². The molecule has 0 unspecified atom stereocenters. The van der Waals surface area contributed by atoms with E-state index in [9.17, 15) is 10.1 Å². The summed E-state index contributed by atoms with van der Waals surface area (Å²) in [6, 6.07) is 8.40. The van der Waals surface area contributed by atoms with Crippen LogP contribution in [0.4, 0.5) is 11.4 Å². The van der Waals surface area contributed by atoms with Gasteiger partial charge in [0.2, 0.25) is 0 Å². The Balaban J connectivity index is 1.84. The van der Waals surface area contributed by atoms with Crippen molar-refractivity contribution in [3.63, 3.8) is 0 Å². The van der Waals surface area contributed by atoms with Gasteiger partial charge in [0, 0.05) is 34.6 Å². The Bertz CT molecular complexity index is 899. The van der Waals surface area contributed by atoms with Crippen molar-refractivity contribution in [3.05, 3.63) is 69.0 Å². The van der Waals surface area contributed by atoms with Crippen LogP contribution in [-0.2, 0) is 0 Å². The quantitative estimate of drug-likeness (QED) is 0.433. The van der Waals surface area contributed by atoms with Crippen LogP contribution in [0.25, 0.3) is 5.13 Å². The summed E-state index contributed by atoms with van der Waals surface area (Å²) in [7, 11) is 0. The molecule has 0 saturated carbocycles. The Morgan fingerprint density at radius 2 is 2.17 bits per heavy atom. The Morgan fingerprint density at radius 3 is 2.88 bits per heavy atom. The maximum atomic E-state index is 11.0. The molecule has 0 amide bonds. The topological polar surface area (TPSA) is 85.4 Å². The fourth-order valence-corrected chi connectivity index (χ4v) is 3.19. The summed E-state index contributed by atoms with van der Waals surface area (Å²) in [5, 5.41) is 18.0. The molecule has 2 aromatic heterocycles. The van der Waals surface area contributed by atoms with Crippen LogP contribution in [0.1, 0.15) is 17.0 Å². The number of thiazole rings is 1. The Morgan fingerprint density at radius 1 is 1.38 bits per heavy atom. The number of anilines is 1. The van der Waals surface area contributed by atoms with Gasteiger partial charge in [0.1, 0.15) is 5.69 Å². The molecule has 0 spiro atoms. The highest BCUT2D eigenvalue weighted by atomic mass is 32.1. The molecule has 0 fully saturated rings. The minimum Gasteiger partial charge on any atom is -0.294 e. The first-order valence-corrected chi connectivity index (χ1v) is 8.07. The average Bonchev–Trinajstić information content (AvgIpc) is 3.16. The summed E-state index contributed by atoms with van der Waals surface area (Å²) in [5.74, 6) is 0. The van der Waals surface area contributed by atoms with Gasteiger partial charge < -0.3 is 0 Å². The van der Waals surface area contributed by atoms with E-state index in [0.29, 0.717) is 5.69 Å². The first-order chi connectivity index (χ1) is 11.6. The number of aromatic nitrogens is 2. The molecule has 8 heteroatoms. The summed E-state index contributed by atoms with van der Waals surface area (Å²) >= 11 is 1.56. The molecule has 3 rings (SSSR count). The van der Waals surface area contributed by atoms with Crippen LogP contribution in [0.15, 0.2) is 47.0 Å². The minimum absolute atomic E-state index is 0.0112. The lowest BCUT2D eigenvalue weighted by Crippen LogP contribution is -1.99. The van der Waals surface area contributed by atoms with Gasteiger partial charge in [-0.15, -0.1) is 11.3 Å². The van der Waals surface area contributed by atoms with Gasteiger partial charge in [-0.25, -0.2) is 4.98 Å². The Kier molecular flexibility index (Phi) is 4.39. The van der Waals surface area contributed by atoms with Gasteiger partial charge in [-0.1, -0.05) is 12.1 Å². The van der Waals surface area contributed by atoms with E-state index in [1.54, 1.807) is 41.9 Å². The third kappa shape index (κ3) is 3.04. The molecule has 0 atom stereocenters. The van der Waals surface area contributed by atoms with Gasteiger partial charge in [0.05, 0.1) is 11.1 Å². The smallest absolute Gasteiger partial charge is 0.294 e. The van der Waals surface area contributed by atoms with E-state index in [2.05, 4.69) is 20.1 Å². The SMILES string of the molecule is Cc1cc(/C=N\Nc2ccccc2[N+](=O)[O-])c(C)n1-c1nccs1. The number of rotatable bonds is 5. The van der Waals surface area contributed by atoms with Gasteiger partial charge in [0.15, 0.2) is 5.13 Å². The molecular formula is C16H15N5O2S. The number of nitro benzene ring substituents is 1. The second kappa shape index (κ2) is 6.63. The van der Waals surface area contributed by atoms with Crippen LogP contribution >= 0.6 is 11.3 Å². The third-order valence-corrected chi connectivity index (χ3v) is 4.33. The lowest BCUT2D eigenvalue weighted by atomic mass is 10.2. The zero-order valence-corrected chi connectivity index (χ0v) is 13.9. The normalized spacial score (nSPS) is 11.1. The highest BCUT2D eigenvalue weighted by Gasteiger charge is 2.12. The Labute approximate surface area is 142 Å². The number of hydrogen-bond acceptors (Lipinski definition) is 6. The largest absolute Gasteiger partial charge is 0.294 e. The number of nitrogens with zero attached hydrogens (tertiary/aromatic N) is 4. The zero-order chi connectivity index (χ0) is 17.1. The number of para-hydroxylation sites is 2. The minimum atomic E-state index is -0.438. The monoisotopic (exact) mass is 341 g/mol. The predicted octanol–water partition coefficient (Wildman–Crippen LogP) is 3.90. The van der Waals surface area contributed by atoms with Crippen LogP contribution in [0.2, 0.25) is 0 Å². The summed E-state index contributed by atoms with van der Waals surface area (Å²) in [6.07, 6.45) is 3.42. The number of benzene rings is 1. The fourth-order valence-electron chi connectivity index (χ4n) is 2.44. The maximum Gasteiger partial charge on any atom is 0.294 e. The van der Waals surface area contributed by atoms with Crippen molar-refractivity contribution in [3.8, 4) is 5.13 Å². The lowest BCUT2D eigenvalue weighted by Gasteiger charge is -2.04. The summed E-state index contributed by atoms with van der Waals surface area (Å²) in [4.78, 5) is 14.9. The van der Waals surface area contributed by atoms with Gasteiger partial charge in [-0.05, 0) is 26.0 Å². The van der Waals surface area contributed by atoms with Crippen LogP contribution in [0, 0.1) is 24.0 Å². The van der Waals surface area contributed by atoms with Crippen molar-refractivity contribution in [2.45, 2.75) is 13.8 Å². The maximum absolute atomic E-state index is 11.0. The summed E-state index contributed by atoms with van der Waals surface area (Å²) in [5.41, 5.74) is 6.07. The van der Waals surface area contributed by atoms with E-state index >= 15 is 0 Å². The van der Waals surface area contributed by atoms with Crippen molar-refractivity contribution < 1.29 is 4.92 Å². The highest BCUT2D eigenvalue weighted by molar-refractivity contribution is 7.12. The molecular weight excluding hydrogens is 326 g/mol. The van der Waals surface area contributed by atoms with Gasteiger partial charge in [0.25, 0.3) is 5.69 Å². The van der Waals surface area contributed by atoms with Crippen molar-refractivity contribution in [1.82, 2.24) is 9.55 Å². The third-order valence-electron chi connectivity index (χ3n) is 3.57. The van der Waals surface area contributed by atoms with Crippen LogP contribution in [-0.4, -0.2) is 20.7 Å². The molecule has 0 aliphatic rings. The molecule has 7 nitrogen and oxygen atoms in total. The molecule has 0 saturated heterocycles. The molecule has 122 valence electrons. The number of nitro groups is 1. The molecule has 1 N–H and O–H groups in total. The predicted molar refractivity (Wildman–Crippen MR) is 95.2 cm³/mol. The number of hydrazone groups is 1. The van der Waals surface area contributed by atoms with E-state index in [1.807, 2.05) is 25.3 Å². The number of nitrogens with one attached hydrogen (secondary N) is 1. The molecule has 0 radical (unpaired) electrons. The van der Waals surface area contributed by atoms with Crippen LogP contribution in [0.5, 0.6) is 0 Å². The molecule has 0 aliphatic heterocycles. The van der Waals surface area contributed by atoms with Gasteiger partial charge >= 0.3 is 0 Å². The number of aryl methyl sites for hydroxylation is 1. The molecule has 1 aromatic carbocycles. The lowest BCUT2D eigenvalue weighted by molar-refractivity contribution is -0.384. The molecule has 0 bridgehead atoms. The van der Waals surface area contributed by atoms with Crippen molar-refractivity contribution in [2.75, 3.05) is 5.43 Å². The van der Waals surface area contributed by atoms with Crippen molar-refractivity contribution in [2.24, 2.45) is 5.10 Å². The molecule has 24 heavy (non-hydrogen) atoms. The van der Waals surface area contributed by atoms with E-state index < -0.39 is 4.92 Å². The molecule has 2 heterocycles. The fraction of sp³-hybridized carbons (Fsp3) is 0.125. The molecule has 0 aliphatic carbocycles. The van der Waals surface area contributed by atoms with Gasteiger partial charge in [-0.2, -0.15) is 5.10 Å². The standard InChI is InChI=1S/C16H15N5O2S/c1-11-9-13(12(2)20(11)16-17-7-8-24-16)10-18-19-14-5-3-4-6-15(14)21(22)23/h3-10,19H,1-2H3/b18-10-. The second-order valence-electron chi connectivity index (χ2n) is 5.12. The van der Waals surface area contributed by atoms with Gasteiger partial charge in [-0.3, -0.25) is 20.1 Å². The van der Waals surface area contributed by atoms with E-state index in [1.165, 1.54) is 6.07 Å². The summed E-state index contributed by atoms with van der Waals surface area (Å²) < 4.78 is 2.05. The highest BCUT2D eigenvalue weighted by Crippen LogP contribution is 2.24. The Hall–Kier alpha value is -3.00. The van der Waals surface area contributed by atoms with Crippen molar-refractivity contribution in [1.29, 1.82) is 0 Å². The van der Waals surface area contributed by atoms with E-state index in [4.69, 9.17) is 0 Å². The molecule has 3 aromatic rings.